The molecule has 1 aromatic carbocycles. The number of benzene rings is 1. The Kier molecular flexibility index (Phi) is 3.73. The van der Waals surface area contributed by atoms with E-state index in [-0.39, 0.29) is 12.4 Å². The summed E-state index contributed by atoms with van der Waals surface area (Å²) in [5.41, 5.74) is 0. The van der Waals surface area contributed by atoms with Crippen LogP contribution in [-0.2, 0) is 16.1 Å². The summed E-state index contributed by atoms with van der Waals surface area (Å²) in [6.45, 7) is 0.975. The minimum atomic E-state index is -0.443. The highest BCUT2D eigenvalue weighted by atomic mass is 16.5. The Bertz CT molecular complexity index is 582. The molecule has 2 aromatic rings. The van der Waals surface area contributed by atoms with E-state index in [0.717, 1.165) is 5.75 Å². The van der Waals surface area contributed by atoms with Crippen LogP contribution in [0.2, 0.25) is 0 Å². The van der Waals surface area contributed by atoms with E-state index in [2.05, 4.69) is 10.1 Å². The maximum absolute atomic E-state index is 11.7. The Labute approximate surface area is 115 Å². The molecule has 6 heteroatoms. The molecular weight excluding hydrogens is 260 g/mol. The minimum Gasteiger partial charge on any atom is -0.485 e. The first-order valence-corrected chi connectivity index (χ1v) is 6.44. The lowest BCUT2D eigenvalue weighted by Crippen LogP contribution is -2.25. The summed E-state index contributed by atoms with van der Waals surface area (Å²) in [7, 11) is 0. The normalized spacial score (nSPS) is 19.0. The first-order valence-electron chi connectivity index (χ1n) is 6.44. The topological polar surface area (TPSA) is 74.5 Å². The maximum Gasteiger partial charge on any atom is 0.239 e. The van der Waals surface area contributed by atoms with Crippen molar-refractivity contribution < 1.29 is 18.8 Å². The van der Waals surface area contributed by atoms with E-state index in [0.29, 0.717) is 31.3 Å². The molecule has 20 heavy (non-hydrogen) atoms. The summed E-state index contributed by atoms with van der Waals surface area (Å²) in [5, 5.41) is 3.82. The fourth-order valence-corrected chi connectivity index (χ4v) is 1.98. The van der Waals surface area contributed by atoms with Crippen LogP contribution in [0, 0.1) is 0 Å². The molecule has 0 saturated carbocycles. The van der Waals surface area contributed by atoms with Crippen LogP contribution in [0.25, 0.3) is 0 Å². The van der Waals surface area contributed by atoms with Crippen molar-refractivity contribution in [2.45, 2.75) is 18.9 Å². The molecule has 104 valence electrons. The number of ether oxygens (including phenoxy) is 2. The van der Waals surface area contributed by atoms with Crippen molar-refractivity contribution >= 4 is 5.78 Å². The van der Waals surface area contributed by atoms with Crippen molar-refractivity contribution in [3.05, 3.63) is 42.0 Å². The average molecular weight is 274 g/mol. The molecule has 0 amide bonds. The molecule has 1 aliphatic rings. The molecule has 0 aliphatic carbocycles. The predicted octanol–water partition coefficient (Wildman–Crippen LogP) is 1.72. The van der Waals surface area contributed by atoms with Crippen LogP contribution in [0.5, 0.6) is 5.75 Å². The van der Waals surface area contributed by atoms with E-state index >= 15 is 0 Å². The van der Waals surface area contributed by atoms with Crippen molar-refractivity contribution in [2.24, 2.45) is 0 Å². The van der Waals surface area contributed by atoms with Crippen LogP contribution < -0.4 is 4.74 Å². The van der Waals surface area contributed by atoms with Gasteiger partial charge in [-0.2, -0.15) is 4.98 Å². The molecule has 0 bridgehead atoms. The number of Topliss-reactive ketones (excluding diaryl/α,β-unsaturated/α-hetero) is 1. The SMILES string of the molecule is O=C1CCOCC1c1nc(COc2ccccc2)no1. The molecule has 6 nitrogen and oxygen atoms in total. The lowest BCUT2D eigenvalue weighted by molar-refractivity contribution is -0.127. The van der Waals surface area contributed by atoms with Gasteiger partial charge >= 0.3 is 0 Å². The van der Waals surface area contributed by atoms with Gasteiger partial charge in [0.2, 0.25) is 11.7 Å². The van der Waals surface area contributed by atoms with Crippen molar-refractivity contribution in [1.82, 2.24) is 10.1 Å². The molecule has 1 unspecified atom stereocenters. The van der Waals surface area contributed by atoms with Crippen LogP contribution >= 0.6 is 0 Å². The van der Waals surface area contributed by atoms with Crippen molar-refractivity contribution in [1.29, 1.82) is 0 Å². The second-order valence-corrected chi connectivity index (χ2v) is 4.49. The van der Waals surface area contributed by atoms with E-state index in [1.807, 2.05) is 30.3 Å². The van der Waals surface area contributed by atoms with Crippen LogP contribution in [0.4, 0.5) is 0 Å². The number of hydrogen-bond donors (Lipinski definition) is 0. The van der Waals surface area contributed by atoms with Crippen LogP contribution in [0.3, 0.4) is 0 Å². The quantitative estimate of drug-likeness (QED) is 0.845. The summed E-state index contributed by atoms with van der Waals surface area (Å²) in [4.78, 5) is 15.9. The molecule has 1 aliphatic heterocycles. The van der Waals surface area contributed by atoms with Gasteiger partial charge < -0.3 is 14.0 Å². The molecular formula is C14H14N2O4. The highest BCUT2D eigenvalue weighted by molar-refractivity contribution is 5.85. The number of ketones is 1. The Morgan fingerprint density at radius 3 is 2.95 bits per heavy atom. The zero-order chi connectivity index (χ0) is 13.8. The fraction of sp³-hybridized carbons (Fsp3) is 0.357. The monoisotopic (exact) mass is 274 g/mol. The van der Waals surface area contributed by atoms with Crippen molar-refractivity contribution in [3.63, 3.8) is 0 Å². The Hall–Kier alpha value is -2.21. The number of rotatable bonds is 4. The molecule has 0 spiro atoms. The van der Waals surface area contributed by atoms with Crippen LogP contribution in [-0.4, -0.2) is 29.1 Å². The first-order chi connectivity index (χ1) is 9.83. The second-order valence-electron chi connectivity index (χ2n) is 4.49. The van der Waals surface area contributed by atoms with E-state index in [4.69, 9.17) is 14.0 Å². The molecule has 1 atom stereocenters. The van der Waals surface area contributed by atoms with Gasteiger partial charge in [-0.3, -0.25) is 4.79 Å². The van der Waals surface area contributed by atoms with Crippen molar-refractivity contribution in [2.75, 3.05) is 13.2 Å². The standard InChI is InChI=1S/C14H14N2O4/c17-12-6-7-18-8-11(12)14-15-13(16-20-14)9-19-10-4-2-1-3-5-10/h1-5,11H,6-9H2. The Morgan fingerprint density at radius 2 is 2.15 bits per heavy atom. The molecule has 0 N–H and O–H groups in total. The van der Waals surface area contributed by atoms with Gasteiger partial charge in [0.05, 0.1) is 13.2 Å². The van der Waals surface area contributed by atoms with Gasteiger partial charge in [0.1, 0.15) is 17.5 Å². The lowest BCUT2D eigenvalue weighted by Gasteiger charge is -2.17. The summed E-state index contributed by atoms with van der Waals surface area (Å²) in [5.74, 6) is 1.09. The number of para-hydroxylation sites is 1. The Balaban J connectivity index is 1.63. The maximum atomic E-state index is 11.7. The third-order valence-corrected chi connectivity index (χ3v) is 3.06. The summed E-state index contributed by atoms with van der Waals surface area (Å²) in [6, 6.07) is 9.37. The molecule has 1 fully saturated rings. The Morgan fingerprint density at radius 1 is 1.30 bits per heavy atom. The van der Waals surface area contributed by atoms with Gasteiger partial charge in [-0.1, -0.05) is 23.4 Å². The highest BCUT2D eigenvalue weighted by Crippen LogP contribution is 2.21. The number of carbonyl (C=O) groups excluding carboxylic acids is 1. The predicted molar refractivity (Wildman–Crippen MR) is 68.3 cm³/mol. The third-order valence-electron chi connectivity index (χ3n) is 3.06. The number of aromatic nitrogens is 2. The fourth-order valence-electron chi connectivity index (χ4n) is 1.98. The van der Waals surface area contributed by atoms with E-state index in [1.165, 1.54) is 0 Å². The largest absolute Gasteiger partial charge is 0.485 e. The van der Waals surface area contributed by atoms with E-state index < -0.39 is 5.92 Å². The zero-order valence-electron chi connectivity index (χ0n) is 10.8. The van der Waals surface area contributed by atoms with E-state index in [9.17, 15) is 4.79 Å². The van der Waals surface area contributed by atoms with Gasteiger partial charge in [0, 0.05) is 6.42 Å². The minimum absolute atomic E-state index is 0.0791. The van der Waals surface area contributed by atoms with Gasteiger partial charge in [-0.05, 0) is 12.1 Å². The van der Waals surface area contributed by atoms with Gasteiger partial charge in [-0.15, -0.1) is 0 Å². The zero-order valence-corrected chi connectivity index (χ0v) is 10.8. The van der Waals surface area contributed by atoms with Crippen LogP contribution in [0.1, 0.15) is 24.1 Å². The van der Waals surface area contributed by atoms with Gasteiger partial charge in [0.25, 0.3) is 0 Å². The molecule has 2 heterocycles. The summed E-state index contributed by atoms with van der Waals surface area (Å²) >= 11 is 0. The van der Waals surface area contributed by atoms with E-state index in [1.54, 1.807) is 0 Å². The average Bonchev–Trinajstić information content (AvgIpc) is 2.95. The van der Waals surface area contributed by atoms with Gasteiger partial charge in [-0.25, -0.2) is 0 Å². The number of carbonyl (C=O) groups is 1. The van der Waals surface area contributed by atoms with Crippen LogP contribution in [0.15, 0.2) is 34.9 Å². The summed E-state index contributed by atoms with van der Waals surface area (Å²) in [6.07, 6.45) is 0.392. The number of hydrogen-bond acceptors (Lipinski definition) is 6. The second kappa shape index (κ2) is 5.83. The molecule has 0 radical (unpaired) electrons. The molecule has 3 rings (SSSR count). The third kappa shape index (κ3) is 2.85. The van der Waals surface area contributed by atoms with Gasteiger partial charge in [0.15, 0.2) is 6.61 Å². The first kappa shape index (κ1) is 12.8. The highest BCUT2D eigenvalue weighted by Gasteiger charge is 2.29. The number of nitrogens with zero attached hydrogens (tertiary/aromatic N) is 2. The molecule has 1 aromatic heterocycles. The lowest BCUT2D eigenvalue weighted by atomic mass is 10.0. The van der Waals surface area contributed by atoms with Crippen molar-refractivity contribution in [3.8, 4) is 5.75 Å². The smallest absolute Gasteiger partial charge is 0.239 e. The summed E-state index contributed by atoms with van der Waals surface area (Å²) < 4.78 is 15.9. The molecule has 1 saturated heterocycles.